The topological polar surface area (TPSA) is 81.4 Å². The third kappa shape index (κ3) is 10.6. The molecule has 0 saturated carbocycles. The van der Waals surface area contributed by atoms with Crippen LogP contribution < -0.4 is 11.1 Å². The van der Waals surface area contributed by atoms with Crippen LogP contribution in [0.15, 0.2) is 30.3 Å². The number of carbonyl (C=O) groups excluding carboxylic acids is 2. The summed E-state index contributed by atoms with van der Waals surface area (Å²) in [6.07, 6.45) is 2.06. The lowest BCUT2D eigenvalue weighted by Crippen LogP contribution is -2.47. The molecule has 1 unspecified atom stereocenters. The van der Waals surface area contributed by atoms with E-state index in [1.807, 2.05) is 30.3 Å². The van der Waals surface area contributed by atoms with Crippen LogP contribution in [0.5, 0.6) is 0 Å². The van der Waals surface area contributed by atoms with E-state index in [1.165, 1.54) is 12.8 Å². The number of ether oxygens (including phenoxy) is 1. The molecular weight excluding hydrogens is 304 g/mol. The molecule has 0 saturated heterocycles. The first-order valence-electron chi connectivity index (χ1n) is 8.54. The quantitative estimate of drug-likeness (QED) is 0.793. The van der Waals surface area contributed by atoms with Gasteiger partial charge in [-0.15, -0.1) is 0 Å². The highest BCUT2D eigenvalue weighted by atomic mass is 16.5. The summed E-state index contributed by atoms with van der Waals surface area (Å²) in [6, 6.07) is 8.58. The number of nitrogens with one attached hydrogen (secondary N) is 1. The van der Waals surface area contributed by atoms with Gasteiger partial charge in [0.1, 0.15) is 12.6 Å². The standard InChI is InChI=1S/C13H18N2O3.C6H14/c1-9(2)11(12(14)16)15-13(17)18-8-10-6-4-3-5-7-10;1-4-5-6(2)3/h3-7,9,11H,8H2,1-2H3,(H2,14,16)(H,15,17);6H,4-5H2,1-3H3. The third-order valence-corrected chi connectivity index (χ3v) is 3.33. The maximum Gasteiger partial charge on any atom is 0.408 e. The van der Waals surface area contributed by atoms with E-state index in [0.29, 0.717) is 0 Å². The number of benzene rings is 1. The van der Waals surface area contributed by atoms with Crippen molar-refractivity contribution < 1.29 is 14.3 Å². The fourth-order valence-electron chi connectivity index (χ4n) is 2.04. The van der Waals surface area contributed by atoms with Gasteiger partial charge in [-0.1, -0.05) is 77.8 Å². The van der Waals surface area contributed by atoms with E-state index in [-0.39, 0.29) is 12.5 Å². The van der Waals surface area contributed by atoms with Gasteiger partial charge in [-0.05, 0) is 17.4 Å². The van der Waals surface area contributed by atoms with Crippen LogP contribution in [0.2, 0.25) is 0 Å². The van der Waals surface area contributed by atoms with Gasteiger partial charge in [-0.2, -0.15) is 0 Å². The lowest BCUT2D eigenvalue weighted by Gasteiger charge is -2.18. The van der Waals surface area contributed by atoms with Gasteiger partial charge in [0.05, 0.1) is 0 Å². The van der Waals surface area contributed by atoms with Gasteiger partial charge < -0.3 is 15.8 Å². The Kier molecular flexibility index (Phi) is 11.3. The molecule has 0 fully saturated rings. The van der Waals surface area contributed by atoms with Gasteiger partial charge in [-0.25, -0.2) is 4.79 Å². The van der Waals surface area contributed by atoms with E-state index < -0.39 is 18.0 Å². The van der Waals surface area contributed by atoms with Crippen molar-refractivity contribution in [1.82, 2.24) is 5.32 Å². The van der Waals surface area contributed by atoms with Crippen molar-refractivity contribution in [3.05, 3.63) is 35.9 Å². The molecule has 24 heavy (non-hydrogen) atoms. The molecule has 5 heteroatoms. The summed E-state index contributed by atoms with van der Waals surface area (Å²) < 4.78 is 5.00. The zero-order chi connectivity index (χ0) is 18.5. The smallest absolute Gasteiger partial charge is 0.408 e. The Morgan fingerprint density at radius 3 is 2.08 bits per heavy atom. The van der Waals surface area contributed by atoms with Crippen LogP contribution in [-0.4, -0.2) is 18.0 Å². The average Bonchev–Trinajstić information content (AvgIpc) is 2.51. The minimum absolute atomic E-state index is 0.0771. The molecule has 0 aliphatic rings. The van der Waals surface area contributed by atoms with Crippen molar-refractivity contribution in [2.45, 2.75) is 60.1 Å². The van der Waals surface area contributed by atoms with Gasteiger partial charge in [0.25, 0.3) is 0 Å². The molecule has 136 valence electrons. The molecule has 2 amide bonds. The highest BCUT2D eigenvalue weighted by molar-refractivity contribution is 5.84. The van der Waals surface area contributed by atoms with Crippen LogP contribution in [0.4, 0.5) is 4.79 Å². The Morgan fingerprint density at radius 2 is 1.71 bits per heavy atom. The first kappa shape index (κ1) is 22.0. The predicted octanol–water partition coefficient (Wildman–Crippen LogP) is 3.87. The van der Waals surface area contributed by atoms with Crippen LogP contribution in [0.25, 0.3) is 0 Å². The molecule has 1 aromatic rings. The number of primary amides is 1. The summed E-state index contributed by atoms with van der Waals surface area (Å²) in [6.45, 7) is 10.5. The SMILES string of the molecule is CC(C)C(NC(=O)OCc1ccccc1)C(N)=O.CCCC(C)C. The second-order valence-electron chi connectivity index (χ2n) is 6.51. The Hall–Kier alpha value is -2.04. The molecule has 0 aliphatic heterocycles. The predicted molar refractivity (Wildman–Crippen MR) is 97.3 cm³/mol. The lowest BCUT2D eigenvalue weighted by molar-refractivity contribution is -0.120. The lowest BCUT2D eigenvalue weighted by atomic mass is 10.0. The first-order chi connectivity index (χ1) is 11.3. The van der Waals surface area contributed by atoms with Crippen LogP contribution in [0.1, 0.15) is 53.0 Å². The highest BCUT2D eigenvalue weighted by Gasteiger charge is 2.22. The number of amides is 2. The van der Waals surface area contributed by atoms with Crippen molar-refractivity contribution in [3.8, 4) is 0 Å². The van der Waals surface area contributed by atoms with E-state index >= 15 is 0 Å². The Morgan fingerprint density at radius 1 is 1.12 bits per heavy atom. The summed E-state index contributed by atoms with van der Waals surface area (Å²) >= 11 is 0. The number of rotatable bonds is 7. The molecule has 1 aromatic carbocycles. The van der Waals surface area contributed by atoms with Gasteiger partial charge in [-0.3, -0.25) is 4.79 Å². The monoisotopic (exact) mass is 336 g/mol. The van der Waals surface area contributed by atoms with E-state index in [2.05, 4.69) is 26.1 Å². The maximum absolute atomic E-state index is 11.5. The molecule has 3 N–H and O–H groups in total. The van der Waals surface area contributed by atoms with Crippen molar-refractivity contribution >= 4 is 12.0 Å². The average molecular weight is 336 g/mol. The van der Waals surface area contributed by atoms with Crippen molar-refractivity contribution in [2.24, 2.45) is 17.6 Å². The summed E-state index contributed by atoms with van der Waals surface area (Å²) in [5.41, 5.74) is 6.07. The number of hydrogen-bond donors (Lipinski definition) is 2. The molecular formula is C19H32N2O3. The van der Waals surface area contributed by atoms with Gasteiger partial charge in [0.15, 0.2) is 0 Å². The third-order valence-electron chi connectivity index (χ3n) is 3.33. The van der Waals surface area contributed by atoms with E-state index in [9.17, 15) is 9.59 Å². The van der Waals surface area contributed by atoms with Gasteiger partial charge in [0.2, 0.25) is 5.91 Å². The number of nitrogens with two attached hydrogens (primary N) is 1. The molecule has 1 rings (SSSR count). The summed E-state index contributed by atoms with van der Waals surface area (Å²) in [7, 11) is 0. The normalized spacial score (nSPS) is 11.5. The second kappa shape index (κ2) is 12.4. The molecule has 0 aromatic heterocycles. The zero-order valence-electron chi connectivity index (χ0n) is 15.5. The molecule has 0 radical (unpaired) electrons. The molecule has 0 aliphatic carbocycles. The van der Waals surface area contributed by atoms with E-state index in [4.69, 9.17) is 10.5 Å². The fourth-order valence-corrected chi connectivity index (χ4v) is 2.04. The number of carbonyl (C=O) groups is 2. The molecule has 1 atom stereocenters. The van der Waals surface area contributed by atoms with Crippen molar-refractivity contribution in [3.63, 3.8) is 0 Å². The maximum atomic E-state index is 11.5. The first-order valence-corrected chi connectivity index (χ1v) is 8.54. The van der Waals surface area contributed by atoms with Crippen LogP contribution in [-0.2, 0) is 16.1 Å². The number of hydrogen-bond acceptors (Lipinski definition) is 3. The molecule has 5 nitrogen and oxygen atoms in total. The Labute approximate surface area is 146 Å². The van der Waals surface area contributed by atoms with E-state index in [1.54, 1.807) is 13.8 Å². The largest absolute Gasteiger partial charge is 0.445 e. The minimum atomic E-state index is -0.715. The molecule has 0 spiro atoms. The fraction of sp³-hybridized carbons (Fsp3) is 0.579. The highest BCUT2D eigenvalue weighted by Crippen LogP contribution is 2.03. The van der Waals surface area contributed by atoms with Gasteiger partial charge >= 0.3 is 6.09 Å². The van der Waals surface area contributed by atoms with E-state index in [0.717, 1.165) is 11.5 Å². The number of alkyl carbamates (subject to hydrolysis) is 1. The van der Waals surface area contributed by atoms with Crippen LogP contribution >= 0.6 is 0 Å². The van der Waals surface area contributed by atoms with Gasteiger partial charge in [0, 0.05) is 0 Å². The van der Waals surface area contributed by atoms with Crippen LogP contribution in [0, 0.1) is 11.8 Å². The second-order valence-corrected chi connectivity index (χ2v) is 6.51. The minimum Gasteiger partial charge on any atom is -0.445 e. The molecule has 0 bridgehead atoms. The molecule has 0 heterocycles. The van der Waals surface area contributed by atoms with Crippen molar-refractivity contribution in [2.75, 3.05) is 0 Å². The Balaban J connectivity index is 0.000000754. The van der Waals surface area contributed by atoms with Crippen molar-refractivity contribution in [1.29, 1.82) is 0 Å². The Bertz CT molecular complexity index is 473. The summed E-state index contributed by atoms with van der Waals surface area (Å²) in [5, 5.41) is 2.45. The summed E-state index contributed by atoms with van der Waals surface area (Å²) in [5.74, 6) is 0.253. The zero-order valence-corrected chi connectivity index (χ0v) is 15.5. The summed E-state index contributed by atoms with van der Waals surface area (Å²) in [4.78, 5) is 22.6. The van der Waals surface area contributed by atoms with Crippen LogP contribution in [0.3, 0.4) is 0 Å².